The lowest BCUT2D eigenvalue weighted by Crippen LogP contribution is -2.37. The Morgan fingerprint density at radius 2 is 2.33 bits per heavy atom. The Kier molecular flexibility index (Phi) is 3.57. The molecule has 3 rings (SSSR count). The predicted octanol–water partition coefficient (Wildman–Crippen LogP) is 0.0333. The van der Waals surface area contributed by atoms with Crippen molar-refractivity contribution >= 4 is 34.2 Å². The summed E-state index contributed by atoms with van der Waals surface area (Å²) in [5.74, 6) is -1.07. The minimum absolute atomic E-state index is 0.00607. The molecule has 0 atom stereocenters. The first-order chi connectivity index (χ1) is 10.1. The van der Waals surface area contributed by atoms with Gasteiger partial charge in [-0.3, -0.25) is 18.9 Å². The van der Waals surface area contributed by atoms with Gasteiger partial charge in [-0.15, -0.1) is 11.3 Å². The van der Waals surface area contributed by atoms with Crippen LogP contribution in [0.15, 0.2) is 17.8 Å². The molecule has 0 bridgehead atoms. The van der Waals surface area contributed by atoms with E-state index in [-0.39, 0.29) is 6.42 Å². The second-order valence-electron chi connectivity index (χ2n) is 4.44. The van der Waals surface area contributed by atoms with Gasteiger partial charge in [-0.2, -0.15) is 0 Å². The topological polar surface area (TPSA) is 93.0 Å². The van der Waals surface area contributed by atoms with Crippen LogP contribution in [0.1, 0.15) is 5.69 Å². The molecule has 0 radical (unpaired) electrons. The fourth-order valence-electron chi connectivity index (χ4n) is 1.99. The zero-order valence-electron chi connectivity index (χ0n) is 10.9. The molecule has 1 aliphatic rings. The van der Waals surface area contributed by atoms with Crippen LogP contribution in [0.2, 0.25) is 0 Å². The van der Waals surface area contributed by atoms with Gasteiger partial charge < -0.3 is 10.1 Å². The van der Waals surface area contributed by atoms with Crippen LogP contribution in [-0.4, -0.2) is 51.9 Å². The lowest BCUT2D eigenvalue weighted by molar-refractivity contribution is -0.150. The van der Waals surface area contributed by atoms with Crippen molar-refractivity contribution < 1.29 is 19.1 Å². The van der Waals surface area contributed by atoms with Crippen LogP contribution in [0, 0.1) is 0 Å². The van der Waals surface area contributed by atoms with Crippen molar-refractivity contribution in [1.82, 2.24) is 19.6 Å². The van der Waals surface area contributed by atoms with E-state index in [0.717, 1.165) is 9.86 Å². The molecule has 9 heteroatoms. The summed E-state index contributed by atoms with van der Waals surface area (Å²) in [6, 6.07) is -0.453. The Labute approximate surface area is 123 Å². The Hall–Kier alpha value is -2.42. The maximum absolute atomic E-state index is 11.7. The number of amides is 3. The SMILES string of the molecule is O=C(Cc1cn2ccsc2n1)OCC(=O)N1CCNC1=O. The Morgan fingerprint density at radius 1 is 1.48 bits per heavy atom. The van der Waals surface area contributed by atoms with Crippen LogP contribution in [-0.2, 0) is 20.7 Å². The van der Waals surface area contributed by atoms with Crippen molar-refractivity contribution in [2.75, 3.05) is 19.7 Å². The first-order valence-corrected chi connectivity index (χ1v) is 7.16. The number of thiazole rings is 1. The van der Waals surface area contributed by atoms with Gasteiger partial charge in [-0.25, -0.2) is 9.78 Å². The minimum atomic E-state index is -0.547. The summed E-state index contributed by atoms with van der Waals surface area (Å²) in [7, 11) is 0. The summed E-state index contributed by atoms with van der Waals surface area (Å²) in [5.41, 5.74) is 0.582. The molecule has 8 nitrogen and oxygen atoms in total. The molecule has 21 heavy (non-hydrogen) atoms. The third kappa shape index (κ3) is 2.87. The second kappa shape index (κ2) is 5.52. The number of rotatable bonds is 4. The number of nitrogens with one attached hydrogen (secondary N) is 1. The number of imide groups is 1. The van der Waals surface area contributed by atoms with Gasteiger partial charge in [0.05, 0.1) is 12.1 Å². The smallest absolute Gasteiger partial charge is 0.324 e. The number of hydrogen-bond acceptors (Lipinski definition) is 6. The molecular weight excluding hydrogens is 296 g/mol. The first-order valence-electron chi connectivity index (χ1n) is 6.28. The molecule has 3 heterocycles. The summed E-state index contributed by atoms with van der Waals surface area (Å²) in [6.07, 6.45) is 3.58. The summed E-state index contributed by atoms with van der Waals surface area (Å²) >= 11 is 1.47. The maximum atomic E-state index is 11.7. The van der Waals surface area contributed by atoms with Crippen molar-refractivity contribution in [1.29, 1.82) is 0 Å². The first kappa shape index (κ1) is 13.6. The zero-order chi connectivity index (χ0) is 14.8. The molecule has 2 aromatic rings. The van der Waals surface area contributed by atoms with Crippen LogP contribution in [0.4, 0.5) is 4.79 Å². The Morgan fingerprint density at radius 3 is 3.05 bits per heavy atom. The van der Waals surface area contributed by atoms with Crippen molar-refractivity contribution in [3.63, 3.8) is 0 Å². The highest BCUT2D eigenvalue weighted by molar-refractivity contribution is 7.15. The van der Waals surface area contributed by atoms with Gasteiger partial charge in [-0.1, -0.05) is 0 Å². The van der Waals surface area contributed by atoms with E-state index in [9.17, 15) is 14.4 Å². The lowest BCUT2D eigenvalue weighted by Gasteiger charge is -2.11. The average Bonchev–Trinajstić information content (AvgIpc) is 3.11. The molecule has 0 aliphatic carbocycles. The number of carbonyl (C=O) groups excluding carboxylic acids is 3. The number of urea groups is 1. The summed E-state index contributed by atoms with van der Waals surface area (Å²) in [4.78, 5) is 40.7. The molecule has 0 saturated carbocycles. The number of aromatic nitrogens is 2. The van der Waals surface area contributed by atoms with Crippen LogP contribution < -0.4 is 5.32 Å². The predicted molar refractivity (Wildman–Crippen MR) is 72.8 cm³/mol. The zero-order valence-corrected chi connectivity index (χ0v) is 11.8. The number of nitrogens with zero attached hydrogens (tertiary/aromatic N) is 3. The van der Waals surface area contributed by atoms with Gasteiger partial charge in [0, 0.05) is 30.9 Å². The van der Waals surface area contributed by atoms with Gasteiger partial charge in [0.25, 0.3) is 5.91 Å². The van der Waals surface area contributed by atoms with E-state index in [1.165, 1.54) is 11.3 Å². The second-order valence-corrected chi connectivity index (χ2v) is 5.31. The van der Waals surface area contributed by atoms with E-state index < -0.39 is 24.5 Å². The molecule has 0 unspecified atom stereocenters. The number of esters is 1. The molecule has 0 spiro atoms. The highest BCUT2D eigenvalue weighted by atomic mass is 32.1. The molecule has 2 aromatic heterocycles. The van der Waals surface area contributed by atoms with Crippen molar-refractivity contribution in [2.45, 2.75) is 6.42 Å². The fourth-order valence-corrected chi connectivity index (χ4v) is 2.71. The summed E-state index contributed by atoms with van der Waals surface area (Å²) in [5, 5.41) is 4.40. The summed E-state index contributed by atoms with van der Waals surface area (Å²) < 4.78 is 6.70. The Bertz CT molecular complexity index is 678. The number of ether oxygens (including phenoxy) is 1. The van der Waals surface area contributed by atoms with E-state index in [0.29, 0.717) is 18.8 Å². The maximum Gasteiger partial charge on any atom is 0.324 e. The fraction of sp³-hybridized carbons (Fsp3) is 0.333. The molecule has 1 saturated heterocycles. The largest absolute Gasteiger partial charge is 0.455 e. The van der Waals surface area contributed by atoms with Gasteiger partial charge >= 0.3 is 12.0 Å². The van der Waals surface area contributed by atoms with Crippen molar-refractivity contribution in [3.05, 3.63) is 23.5 Å². The van der Waals surface area contributed by atoms with Gasteiger partial charge in [-0.05, 0) is 0 Å². The standard InChI is InChI=1S/C12H12N4O4S/c17-9(16-2-1-13-11(16)19)7-20-10(18)5-8-6-15-3-4-21-12(15)14-8/h3-4,6H,1-2,5,7H2,(H,13,19). The van der Waals surface area contributed by atoms with Gasteiger partial charge in [0.2, 0.25) is 0 Å². The van der Waals surface area contributed by atoms with E-state index in [1.54, 1.807) is 6.20 Å². The average molecular weight is 308 g/mol. The van der Waals surface area contributed by atoms with E-state index >= 15 is 0 Å². The number of carbonyl (C=O) groups is 3. The van der Waals surface area contributed by atoms with Crippen LogP contribution >= 0.6 is 11.3 Å². The van der Waals surface area contributed by atoms with Crippen molar-refractivity contribution in [2.24, 2.45) is 0 Å². The highest BCUT2D eigenvalue weighted by Gasteiger charge is 2.26. The normalized spacial score (nSPS) is 14.5. The molecule has 1 fully saturated rings. The molecular formula is C12H12N4O4S. The number of fused-ring (bicyclic) bond motifs is 1. The Balaban J connectivity index is 1.51. The van der Waals surface area contributed by atoms with Gasteiger partial charge in [0.1, 0.15) is 0 Å². The molecule has 1 aliphatic heterocycles. The minimum Gasteiger partial charge on any atom is -0.455 e. The number of imidazole rings is 1. The quantitative estimate of drug-likeness (QED) is 0.805. The van der Waals surface area contributed by atoms with Crippen molar-refractivity contribution in [3.8, 4) is 0 Å². The third-order valence-electron chi connectivity index (χ3n) is 2.98. The monoisotopic (exact) mass is 308 g/mol. The third-order valence-corrected chi connectivity index (χ3v) is 3.75. The molecule has 1 N–H and O–H groups in total. The molecule has 110 valence electrons. The van der Waals surface area contributed by atoms with E-state index in [2.05, 4.69) is 10.3 Å². The van der Waals surface area contributed by atoms with Crippen LogP contribution in [0.3, 0.4) is 0 Å². The number of hydrogen-bond donors (Lipinski definition) is 1. The molecule has 0 aromatic carbocycles. The van der Waals surface area contributed by atoms with E-state index in [4.69, 9.17) is 4.74 Å². The van der Waals surface area contributed by atoms with Crippen LogP contribution in [0.25, 0.3) is 4.96 Å². The van der Waals surface area contributed by atoms with Crippen LogP contribution in [0.5, 0.6) is 0 Å². The van der Waals surface area contributed by atoms with Gasteiger partial charge in [0.15, 0.2) is 11.6 Å². The molecule has 3 amide bonds. The summed E-state index contributed by atoms with van der Waals surface area (Å²) in [6.45, 7) is 0.283. The lowest BCUT2D eigenvalue weighted by atomic mass is 10.3. The highest BCUT2D eigenvalue weighted by Crippen LogP contribution is 2.12. The van der Waals surface area contributed by atoms with E-state index in [1.807, 2.05) is 16.0 Å².